The van der Waals surface area contributed by atoms with E-state index in [1.807, 2.05) is 59.5 Å². The number of rotatable bonds is 7. The van der Waals surface area contributed by atoms with Crippen LogP contribution in [0.3, 0.4) is 0 Å². The first-order valence-electron chi connectivity index (χ1n) is 10.8. The van der Waals surface area contributed by atoms with E-state index < -0.39 is 6.17 Å². The summed E-state index contributed by atoms with van der Waals surface area (Å²) in [5, 5.41) is 4.18. The number of benzene rings is 3. The fourth-order valence-corrected chi connectivity index (χ4v) is 5.04. The number of fused-ring (bicyclic) bond motifs is 1. The Kier molecular flexibility index (Phi) is 7.74. The molecular weight excluding hydrogens is 536 g/mol. The van der Waals surface area contributed by atoms with Gasteiger partial charge in [0, 0.05) is 15.2 Å². The summed E-state index contributed by atoms with van der Waals surface area (Å²) < 4.78 is 22.7. The van der Waals surface area contributed by atoms with Crippen molar-refractivity contribution in [2.75, 3.05) is 40.3 Å². The molecule has 0 amide bonds. The molecule has 2 unspecified atom stereocenters. The highest BCUT2D eigenvalue weighted by molar-refractivity contribution is 9.10. The van der Waals surface area contributed by atoms with E-state index in [-0.39, 0.29) is 18.6 Å². The summed E-state index contributed by atoms with van der Waals surface area (Å²) in [7, 11) is 6.08. The van der Waals surface area contributed by atoms with Gasteiger partial charge in [0.05, 0.1) is 41.0 Å². The molecule has 7 nitrogen and oxygen atoms in total. The van der Waals surface area contributed by atoms with Gasteiger partial charge in [-0.25, -0.2) is 0 Å². The number of hydrogen-bond acceptors (Lipinski definition) is 7. The van der Waals surface area contributed by atoms with Gasteiger partial charge in [-0.1, -0.05) is 45.7 Å². The van der Waals surface area contributed by atoms with Crippen LogP contribution in [0, 0.1) is 0 Å². The van der Waals surface area contributed by atoms with Gasteiger partial charge in [-0.3, -0.25) is 9.69 Å². The Morgan fingerprint density at radius 3 is 2.26 bits per heavy atom. The van der Waals surface area contributed by atoms with Crippen molar-refractivity contribution < 1.29 is 23.7 Å². The Hall–Kier alpha value is -2.94. The Balaban J connectivity index is 1.96. The topological polar surface area (TPSA) is 69.3 Å². The molecule has 184 valence electrons. The number of hydrogen-bond donors (Lipinski definition) is 1. The molecule has 3 aromatic carbocycles. The summed E-state index contributed by atoms with van der Waals surface area (Å²) in [5.74, 6) is 1.14. The van der Waals surface area contributed by atoms with E-state index in [1.54, 1.807) is 21.3 Å². The molecule has 0 saturated carbocycles. The molecule has 0 bridgehead atoms. The van der Waals surface area contributed by atoms with Gasteiger partial charge in [0.15, 0.2) is 11.5 Å². The predicted octanol–water partition coefficient (Wildman–Crippen LogP) is 5.82. The summed E-state index contributed by atoms with van der Waals surface area (Å²) in [4.78, 5) is 14.7. The lowest BCUT2D eigenvalue weighted by Crippen LogP contribution is -2.44. The number of nitrogens with zero attached hydrogens (tertiary/aromatic N) is 1. The molecule has 4 rings (SSSR count). The molecular formula is C26H26BrClN2O5. The minimum atomic E-state index is -0.447. The second-order valence-electron chi connectivity index (χ2n) is 7.91. The third-order valence-electron chi connectivity index (χ3n) is 6.01. The van der Waals surface area contributed by atoms with Gasteiger partial charge in [0.25, 0.3) is 0 Å². The third kappa shape index (κ3) is 4.91. The van der Waals surface area contributed by atoms with Crippen molar-refractivity contribution in [2.24, 2.45) is 0 Å². The highest BCUT2D eigenvalue weighted by Crippen LogP contribution is 2.48. The normalized spacial score (nSPS) is 17.2. The van der Waals surface area contributed by atoms with E-state index in [2.05, 4.69) is 21.2 Å². The van der Waals surface area contributed by atoms with Crippen LogP contribution in [-0.4, -0.2) is 45.9 Å². The maximum Gasteiger partial charge on any atom is 0.319 e. The predicted molar refractivity (Wildman–Crippen MR) is 139 cm³/mol. The van der Waals surface area contributed by atoms with Crippen molar-refractivity contribution in [3.63, 3.8) is 0 Å². The van der Waals surface area contributed by atoms with E-state index in [4.69, 9.17) is 30.5 Å². The number of esters is 1. The lowest BCUT2D eigenvalue weighted by atomic mass is 9.91. The van der Waals surface area contributed by atoms with Crippen molar-refractivity contribution in [3.05, 3.63) is 80.8 Å². The van der Waals surface area contributed by atoms with Crippen LogP contribution < -0.4 is 19.5 Å². The van der Waals surface area contributed by atoms with Crippen LogP contribution in [0.15, 0.2) is 59.1 Å². The Morgan fingerprint density at radius 2 is 1.66 bits per heavy atom. The maximum absolute atomic E-state index is 12.6. The van der Waals surface area contributed by atoms with Crippen LogP contribution in [0.5, 0.6) is 17.2 Å². The van der Waals surface area contributed by atoms with Gasteiger partial charge < -0.3 is 24.3 Å². The van der Waals surface area contributed by atoms with Crippen LogP contribution >= 0.6 is 27.5 Å². The molecule has 0 aliphatic carbocycles. The smallest absolute Gasteiger partial charge is 0.319 e. The fraction of sp³-hybridized carbons (Fsp3) is 0.269. The standard InChI is InChI=1S/C26H26BrClN2O5/c1-32-21-11-15(12-22(33-2)25(21)35-4)26-29-20-10-9-16(27)13-18(20)24(30(26)14-23(31)34-3)17-7-5-6-8-19(17)28/h5-13,24,26,29H,14H2,1-4H3. The maximum atomic E-state index is 12.6. The molecule has 1 aliphatic rings. The molecule has 0 radical (unpaired) electrons. The van der Waals surface area contributed by atoms with E-state index in [1.165, 1.54) is 7.11 Å². The number of anilines is 1. The number of carbonyl (C=O) groups is 1. The van der Waals surface area contributed by atoms with Crippen molar-refractivity contribution in [2.45, 2.75) is 12.2 Å². The Bertz CT molecular complexity index is 1210. The Morgan fingerprint density at radius 1 is 0.971 bits per heavy atom. The van der Waals surface area contributed by atoms with Gasteiger partial charge in [-0.05, 0) is 53.1 Å². The average molecular weight is 562 g/mol. The number of carbonyl (C=O) groups excluding carboxylic acids is 1. The fourth-order valence-electron chi connectivity index (χ4n) is 4.42. The van der Waals surface area contributed by atoms with Crippen LogP contribution in [-0.2, 0) is 9.53 Å². The number of nitrogens with one attached hydrogen (secondary N) is 1. The highest BCUT2D eigenvalue weighted by atomic mass is 79.9. The zero-order chi connectivity index (χ0) is 25.1. The molecule has 35 heavy (non-hydrogen) atoms. The van der Waals surface area contributed by atoms with E-state index in [0.717, 1.165) is 26.9 Å². The summed E-state index contributed by atoms with van der Waals surface area (Å²) in [6.07, 6.45) is -0.447. The van der Waals surface area contributed by atoms with Gasteiger partial charge in [-0.15, -0.1) is 0 Å². The average Bonchev–Trinajstić information content (AvgIpc) is 2.87. The number of halogens is 2. The van der Waals surface area contributed by atoms with Gasteiger partial charge in [0.2, 0.25) is 5.75 Å². The van der Waals surface area contributed by atoms with Gasteiger partial charge in [-0.2, -0.15) is 0 Å². The van der Waals surface area contributed by atoms with Crippen molar-refractivity contribution in [1.82, 2.24) is 4.90 Å². The molecule has 3 aromatic rings. The van der Waals surface area contributed by atoms with Crippen molar-refractivity contribution in [1.29, 1.82) is 0 Å². The minimum Gasteiger partial charge on any atom is -0.493 e. The molecule has 0 saturated heterocycles. The number of ether oxygens (including phenoxy) is 4. The van der Waals surface area contributed by atoms with Crippen LogP contribution in [0.4, 0.5) is 5.69 Å². The minimum absolute atomic E-state index is 0.00662. The first kappa shape index (κ1) is 25.2. The van der Waals surface area contributed by atoms with Crippen molar-refractivity contribution in [3.8, 4) is 17.2 Å². The molecule has 1 N–H and O–H groups in total. The summed E-state index contributed by atoms with van der Waals surface area (Å²) >= 11 is 10.3. The first-order chi connectivity index (χ1) is 16.9. The molecule has 0 fully saturated rings. The molecule has 1 heterocycles. The monoisotopic (exact) mass is 560 g/mol. The van der Waals surface area contributed by atoms with Crippen LogP contribution in [0.25, 0.3) is 0 Å². The van der Waals surface area contributed by atoms with Gasteiger partial charge >= 0.3 is 5.97 Å². The van der Waals surface area contributed by atoms with Crippen molar-refractivity contribution >= 4 is 39.2 Å². The second-order valence-corrected chi connectivity index (χ2v) is 9.23. The zero-order valence-electron chi connectivity index (χ0n) is 19.8. The quantitative estimate of drug-likeness (QED) is 0.365. The lowest BCUT2D eigenvalue weighted by molar-refractivity contribution is -0.143. The molecule has 2 atom stereocenters. The summed E-state index contributed by atoms with van der Waals surface area (Å²) in [6, 6.07) is 17.0. The lowest BCUT2D eigenvalue weighted by Gasteiger charge is -2.44. The molecule has 9 heteroatoms. The second kappa shape index (κ2) is 10.8. The molecule has 0 spiro atoms. The van der Waals surface area contributed by atoms with E-state index in [0.29, 0.717) is 22.3 Å². The van der Waals surface area contributed by atoms with Crippen LogP contribution in [0.1, 0.15) is 28.9 Å². The number of methoxy groups -OCH3 is 4. The zero-order valence-corrected chi connectivity index (χ0v) is 22.1. The summed E-state index contributed by atoms with van der Waals surface area (Å²) in [6.45, 7) is 0.00662. The SMILES string of the molecule is COC(=O)CN1C(c2cc(OC)c(OC)c(OC)c2)Nc2ccc(Br)cc2C1c1ccccc1Cl. The molecule has 1 aliphatic heterocycles. The van der Waals surface area contributed by atoms with E-state index in [9.17, 15) is 4.79 Å². The first-order valence-corrected chi connectivity index (χ1v) is 12.0. The Labute approximate surface area is 218 Å². The van der Waals surface area contributed by atoms with E-state index >= 15 is 0 Å². The third-order valence-corrected chi connectivity index (χ3v) is 6.84. The summed E-state index contributed by atoms with van der Waals surface area (Å²) in [5.41, 5.74) is 3.57. The largest absolute Gasteiger partial charge is 0.493 e. The van der Waals surface area contributed by atoms with Crippen LogP contribution in [0.2, 0.25) is 5.02 Å². The molecule has 0 aromatic heterocycles. The highest BCUT2D eigenvalue weighted by Gasteiger charge is 2.39. The van der Waals surface area contributed by atoms with Gasteiger partial charge in [0.1, 0.15) is 6.17 Å².